The third-order valence-corrected chi connectivity index (χ3v) is 5.14. The van der Waals surface area contributed by atoms with Gasteiger partial charge in [-0.25, -0.2) is 0 Å². The second-order valence-electron chi connectivity index (χ2n) is 5.79. The molecule has 0 fully saturated rings. The number of fused-ring (bicyclic) bond motifs is 1. The van der Waals surface area contributed by atoms with E-state index in [1.54, 1.807) is 11.8 Å². The molecule has 6 heteroatoms. The minimum atomic E-state index is -0.135. The van der Waals surface area contributed by atoms with E-state index >= 15 is 0 Å². The molecular formula is C17H22N4OS. The molecule has 0 spiro atoms. The minimum Gasteiger partial charge on any atom is -0.348 e. The van der Waals surface area contributed by atoms with Gasteiger partial charge in [-0.3, -0.25) is 4.79 Å². The summed E-state index contributed by atoms with van der Waals surface area (Å²) in [4.78, 5) is 13.4. The molecule has 1 aliphatic heterocycles. The number of carbonyl (C=O) groups excluding carboxylic acids is 1. The standard InChI is InChI=1S/C17H22N4OS/c1-13(23-14-8-4-2-5-9-14)17(22)18-12-16-20-19-15-10-6-3-7-11-21(15)16/h2,4-5,8-9,13H,3,6-7,10-12H2,1H3,(H,18,22). The maximum atomic E-state index is 12.3. The fourth-order valence-corrected chi connectivity index (χ4v) is 3.66. The van der Waals surface area contributed by atoms with Gasteiger partial charge < -0.3 is 9.88 Å². The maximum Gasteiger partial charge on any atom is 0.233 e. The van der Waals surface area contributed by atoms with Crippen molar-refractivity contribution in [3.8, 4) is 0 Å². The SMILES string of the molecule is CC(Sc1ccccc1)C(=O)NCc1nnc2n1CCCCC2. The van der Waals surface area contributed by atoms with Crippen LogP contribution >= 0.6 is 11.8 Å². The quantitative estimate of drug-likeness (QED) is 0.857. The Hall–Kier alpha value is -1.82. The van der Waals surface area contributed by atoms with Crippen LogP contribution in [0.2, 0.25) is 0 Å². The minimum absolute atomic E-state index is 0.0322. The molecule has 0 saturated carbocycles. The van der Waals surface area contributed by atoms with E-state index in [-0.39, 0.29) is 11.2 Å². The van der Waals surface area contributed by atoms with Gasteiger partial charge in [0.05, 0.1) is 11.8 Å². The highest BCUT2D eigenvalue weighted by molar-refractivity contribution is 8.00. The average molecular weight is 330 g/mol. The van der Waals surface area contributed by atoms with E-state index < -0.39 is 0 Å². The zero-order valence-corrected chi connectivity index (χ0v) is 14.2. The van der Waals surface area contributed by atoms with Crippen molar-refractivity contribution in [2.45, 2.75) is 55.8 Å². The zero-order chi connectivity index (χ0) is 16.1. The molecular weight excluding hydrogens is 308 g/mol. The highest BCUT2D eigenvalue weighted by atomic mass is 32.2. The summed E-state index contributed by atoms with van der Waals surface area (Å²) in [6.07, 6.45) is 4.56. The van der Waals surface area contributed by atoms with E-state index in [0.29, 0.717) is 6.54 Å². The smallest absolute Gasteiger partial charge is 0.233 e. The van der Waals surface area contributed by atoms with Gasteiger partial charge in [0.1, 0.15) is 5.82 Å². The summed E-state index contributed by atoms with van der Waals surface area (Å²) in [5.41, 5.74) is 0. The topological polar surface area (TPSA) is 59.8 Å². The predicted molar refractivity (Wildman–Crippen MR) is 91.2 cm³/mol. The van der Waals surface area contributed by atoms with Gasteiger partial charge in [-0.05, 0) is 31.9 Å². The molecule has 1 unspecified atom stereocenters. The number of thioether (sulfide) groups is 1. The zero-order valence-electron chi connectivity index (χ0n) is 13.4. The van der Waals surface area contributed by atoms with E-state index in [2.05, 4.69) is 20.1 Å². The van der Waals surface area contributed by atoms with Gasteiger partial charge in [0.2, 0.25) is 5.91 Å². The van der Waals surface area contributed by atoms with Crippen LogP contribution in [0.4, 0.5) is 0 Å². The second kappa shape index (κ2) is 7.64. The maximum absolute atomic E-state index is 12.3. The van der Waals surface area contributed by atoms with Crippen LogP contribution in [0.5, 0.6) is 0 Å². The molecule has 1 atom stereocenters. The number of hydrogen-bond donors (Lipinski definition) is 1. The third kappa shape index (κ3) is 4.13. The van der Waals surface area contributed by atoms with Crippen LogP contribution in [0.3, 0.4) is 0 Å². The van der Waals surface area contributed by atoms with Crippen molar-refractivity contribution in [3.63, 3.8) is 0 Å². The molecule has 2 heterocycles. The van der Waals surface area contributed by atoms with Crippen LogP contribution < -0.4 is 5.32 Å². The van der Waals surface area contributed by atoms with Gasteiger partial charge >= 0.3 is 0 Å². The highest BCUT2D eigenvalue weighted by Gasteiger charge is 2.17. The van der Waals surface area contributed by atoms with Crippen molar-refractivity contribution in [2.24, 2.45) is 0 Å². The molecule has 0 aliphatic carbocycles. The van der Waals surface area contributed by atoms with E-state index in [1.807, 2.05) is 37.3 Å². The first-order valence-electron chi connectivity index (χ1n) is 8.14. The number of aryl methyl sites for hydroxylation is 1. The Labute approximate surface area is 140 Å². The van der Waals surface area contributed by atoms with Crippen molar-refractivity contribution in [2.75, 3.05) is 0 Å². The largest absolute Gasteiger partial charge is 0.348 e. The monoisotopic (exact) mass is 330 g/mol. The average Bonchev–Trinajstić information content (AvgIpc) is 2.80. The van der Waals surface area contributed by atoms with Gasteiger partial charge in [-0.1, -0.05) is 24.6 Å². The molecule has 0 saturated heterocycles. The van der Waals surface area contributed by atoms with Crippen LogP contribution in [0.25, 0.3) is 0 Å². The lowest BCUT2D eigenvalue weighted by Crippen LogP contribution is -2.31. The summed E-state index contributed by atoms with van der Waals surface area (Å²) in [6, 6.07) is 9.99. The molecule has 3 rings (SSSR count). The van der Waals surface area contributed by atoms with Gasteiger partial charge in [0, 0.05) is 17.9 Å². The van der Waals surface area contributed by atoms with Gasteiger partial charge in [0.15, 0.2) is 5.82 Å². The number of amides is 1. The summed E-state index contributed by atoms with van der Waals surface area (Å²) < 4.78 is 2.17. The van der Waals surface area contributed by atoms with E-state index in [1.165, 1.54) is 12.8 Å². The molecule has 1 N–H and O–H groups in total. The van der Waals surface area contributed by atoms with Crippen LogP contribution in [0.15, 0.2) is 35.2 Å². The van der Waals surface area contributed by atoms with E-state index in [9.17, 15) is 4.79 Å². The van der Waals surface area contributed by atoms with Gasteiger partial charge in [-0.15, -0.1) is 22.0 Å². The van der Waals surface area contributed by atoms with Crippen LogP contribution in [0, 0.1) is 0 Å². The number of hydrogen-bond acceptors (Lipinski definition) is 4. The first-order chi connectivity index (χ1) is 11.2. The molecule has 23 heavy (non-hydrogen) atoms. The number of aromatic nitrogens is 3. The summed E-state index contributed by atoms with van der Waals surface area (Å²) in [7, 11) is 0. The Kier molecular flexibility index (Phi) is 5.33. The summed E-state index contributed by atoms with van der Waals surface area (Å²) >= 11 is 1.57. The highest BCUT2D eigenvalue weighted by Crippen LogP contribution is 2.22. The van der Waals surface area contributed by atoms with E-state index in [0.717, 1.165) is 35.9 Å². The van der Waals surface area contributed by atoms with Crippen molar-refractivity contribution < 1.29 is 4.79 Å². The lowest BCUT2D eigenvalue weighted by Gasteiger charge is -2.12. The van der Waals surface area contributed by atoms with E-state index in [4.69, 9.17) is 0 Å². The Morgan fingerprint density at radius 3 is 2.91 bits per heavy atom. The number of nitrogens with one attached hydrogen (secondary N) is 1. The molecule has 122 valence electrons. The Bertz CT molecular complexity index is 656. The van der Waals surface area contributed by atoms with Crippen molar-refractivity contribution in [3.05, 3.63) is 42.0 Å². The number of nitrogens with zero attached hydrogens (tertiary/aromatic N) is 3. The molecule has 5 nitrogen and oxygen atoms in total. The Morgan fingerprint density at radius 1 is 1.26 bits per heavy atom. The van der Waals surface area contributed by atoms with Gasteiger partial charge in [0.25, 0.3) is 0 Å². The lowest BCUT2D eigenvalue weighted by molar-refractivity contribution is -0.120. The number of carbonyl (C=O) groups is 1. The fraction of sp³-hybridized carbons (Fsp3) is 0.471. The molecule has 0 radical (unpaired) electrons. The van der Waals surface area contributed by atoms with Crippen molar-refractivity contribution >= 4 is 17.7 Å². The van der Waals surface area contributed by atoms with Crippen LogP contribution in [-0.4, -0.2) is 25.9 Å². The summed E-state index contributed by atoms with van der Waals surface area (Å²) in [6.45, 7) is 3.34. The first-order valence-corrected chi connectivity index (χ1v) is 9.02. The van der Waals surface area contributed by atoms with Crippen molar-refractivity contribution in [1.82, 2.24) is 20.1 Å². The number of rotatable bonds is 5. The normalized spacial score (nSPS) is 15.5. The second-order valence-corrected chi connectivity index (χ2v) is 7.20. The fourth-order valence-electron chi connectivity index (χ4n) is 2.74. The summed E-state index contributed by atoms with van der Waals surface area (Å²) in [5, 5.41) is 11.4. The molecule has 0 bridgehead atoms. The Balaban J connectivity index is 1.56. The van der Waals surface area contributed by atoms with Crippen LogP contribution in [0.1, 0.15) is 37.8 Å². The molecule has 2 aromatic rings. The Morgan fingerprint density at radius 2 is 2.09 bits per heavy atom. The number of benzene rings is 1. The van der Waals surface area contributed by atoms with Gasteiger partial charge in [-0.2, -0.15) is 0 Å². The first kappa shape index (κ1) is 16.1. The molecule has 1 aromatic carbocycles. The molecule has 1 aliphatic rings. The molecule has 1 amide bonds. The molecule has 1 aromatic heterocycles. The summed E-state index contributed by atoms with van der Waals surface area (Å²) in [5.74, 6) is 1.95. The lowest BCUT2D eigenvalue weighted by atomic mass is 10.2. The third-order valence-electron chi connectivity index (χ3n) is 4.03. The predicted octanol–water partition coefficient (Wildman–Crippen LogP) is 2.80. The van der Waals surface area contributed by atoms with Crippen molar-refractivity contribution in [1.29, 1.82) is 0 Å². The van der Waals surface area contributed by atoms with Crippen LogP contribution in [-0.2, 0) is 24.3 Å².